The summed E-state index contributed by atoms with van der Waals surface area (Å²) >= 11 is 0. The van der Waals surface area contributed by atoms with Crippen LogP contribution in [0.4, 0.5) is 0 Å². The summed E-state index contributed by atoms with van der Waals surface area (Å²) in [5, 5.41) is 0. The summed E-state index contributed by atoms with van der Waals surface area (Å²) < 4.78 is 5.78. The Morgan fingerprint density at radius 1 is 0.727 bits per heavy atom. The molecule has 0 bridgehead atoms. The van der Waals surface area contributed by atoms with E-state index >= 15 is 0 Å². The monoisotopic (exact) mass is 288 g/mol. The van der Waals surface area contributed by atoms with Crippen molar-refractivity contribution in [2.24, 2.45) is 0 Å². The minimum atomic E-state index is 0.956. The zero-order valence-electron chi connectivity index (χ0n) is 13.0. The van der Waals surface area contributed by atoms with Gasteiger partial charge < -0.3 is 4.74 Å². The highest BCUT2D eigenvalue weighted by Gasteiger charge is 2.16. The van der Waals surface area contributed by atoms with Crippen LogP contribution in [0, 0.1) is 0 Å². The summed E-state index contributed by atoms with van der Waals surface area (Å²) in [5.74, 6) is 0.982. The van der Waals surface area contributed by atoms with Crippen LogP contribution in [-0.2, 0) is 6.42 Å². The van der Waals surface area contributed by atoms with Crippen LogP contribution < -0.4 is 4.74 Å². The van der Waals surface area contributed by atoms with Gasteiger partial charge in [0.25, 0.3) is 0 Å². The molecule has 3 rings (SSSR count). The van der Waals surface area contributed by atoms with E-state index in [2.05, 4.69) is 67.6 Å². The fraction of sp³-hybridized carbons (Fsp3) is 0.143. The highest BCUT2D eigenvalue weighted by Crippen LogP contribution is 2.41. The molecule has 0 atom stereocenters. The fourth-order valence-electron chi connectivity index (χ4n) is 2.89. The zero-order valence-corrected chi connectivity index (χ0v) is 13.0. The molecule has 1 heteroatoms. The van der Waals surface area contributed by atoms with E-state index in [4.69, 9.17) is 4.74 Å². The van der Waals surface area contributed by atoms with Crippen molar-refractivity contribution < 1.29 is 4.74 Å². The molecule has 0 aliphatic carbocycles. The van der Waals surface area contributed by atoms with Gasteiger partial charge in [0.1, 0.15) is 5.75 Å². The maximum absolute atomic E-state index is 5.78. The van der Waals surface area contributed by atoms with Crippen molar-refractivity contribution >= 4 is 0 Å². The first-order chi connectivity index (χ1) is 10.8. The fourth-order valence-corrected chi connectivity index (χ4v) is 2.89. The molecule has 0 heterocycles. The number of hydrogen-bond acceptors (Lipinski definition) is 1. The summed E-state index contributed by atoms with van der Waals surface area (Å²) in [6.45, 7) is 2.16. The Hall–Kier alpha value is -2.54. The van der Waals surface area contributed by atoms with Gasteiger partial charge in [-0.05, 0) is 28.7 Å². The second kappa shape index (κ2) is 6.48. The number of aryl methyl sites for hydroxylation is 1. The molecule has 110 valence electrons. The van der Waals surface area contributed by atoms with Crippen LogP contribution in [0.25, 0.3) is 22.3 Å². The molecule has 3 aromatic rings. The van der Waals surface area contributed by atoms with E-state index < -0.39 is 0 Å². The first-order valence-electron chi connectivity index (χ1n) is 7.66. The van der Waals surface area contributed by atoms with Crippen LogP contribution >= 0.6 is 0 Å². The Bertz CT molecular complexity index is 746. The van der Waals surface area contributed by atoms with Gasteiger partial charge in [-0.15, -0.1) is 0 Å². The summed E-state index contributed by atoms with van der Waals surface area (Å²) in [7, 11) is 1.76. The van der Waals surface area contributed by atoms with Gasteiger partial charge in [0, 0.05) is 5.56 Å². The van der Waals surface area contributed by atoms with E-state index in [0.29, 0.717) is 0 Å². The number of methoxy groups -OCH3 is 1. The summed E-state index contributed by atoms with van der Waals surface area (Å²) in [4.78, 5) is 0. The Labute approximate surface area is 132 Å². The molecule has 0 aliphatic heterocycles. The van der Waals surface area contributed by atoms with Crippen LogP contribution in [0.2, 0.25) is 0 Å². The molecule has 0 aliphatic rings. The van der Waals surface area contributed by atoms with Crippen molar-refractivity contribution in [3.8, 4) is 28.0 Å². The summed E-state index contributed by atoms with van der Waals surface area (Å²) in [5.41, 5.74) is 6.02. The molecule has 0 spiro atoms. The smallest absolute Gasteiger partial charge is 0.130 e. The van der Waals surface area contributed by atoms with Gasteiger partial charge in [-0.25, -0.2) is 0 Å². The van der Waals surface area contributed by atoms with E-state index in [1.807, 2.05) is 12.1 Å². The van der Waals surface area contributed by atoms with Crippen molar-refractivity contribution in [1.82, 2.24) is 0 Å². The molecular formula is C21H20O. The number of hydrogen-bond donors (Lipinski definition) is 0. The van der Waals surface area contributed by atoms with E-state index in [1.54, 1.807) is 7.11 Å². The summed E-state index contributed by atoms with van der Waals surface area (Å²) in [6.07, 6.45) is 0.956. The van der Waals surface area contributed by atoms with Gasteiger partial charge in [0.2, 0.25) is 0 Å². The lowest BCUT2D eigenvalue weighted by Gasteiger charge is -2.18. The van der Waals surface area contributed by atoms with Gasteiger partial charge in [-0.3, -0.25) is 0 Å². The Morgan fingerprint density at radius 2 is 1.32 bits per heavy atom. The van der Waals surface area contributed by atoms with Gasteiger partial charge in [0.05, 0.1) is 7.11 Å². The molecule has 0 fully saturated rings. The van der Waals surface area contributed by atoms with Gasteiger partial charge in [-0.2, -0.15) is 0 Å². The predicted molar refractivity (Wildman–Crippen MR) is 93.2 cm³/mol. The average molecular weight is 288 g/mol. The molecule has 0 unspecified atom stereocenters. The lowest BCUT2D eigenvalue weighted by atomic mass is 9.91. The van der Waals surface area contributed by atoms with Crippen LogP contribution in [-0.4, -0.2) is 7.11 Å². The van der Waals surface area contributed by atoms with E-state index in [9.17, 15) is 0 Å². The van der Waals surface area contributed by atoms with Gasteiger partial charge in [0.15, 0.2) is 0 Å². The number of benzene rings is 3. The topological polar surface area (TPSA) is 9.23 Å². The standard InChI is InChI=1S/C21H20O/c1-3-16-14-15-19(17-10-6-4-7-11-17)20(21(16)22-2)18-12-8-5-9-13-18/h4-15H,3H2,1-2H3. The molecule has 0 amide bonds. The molecule has 3 aromatic carbocycles. The van der Waals surface area contributed by atoms with Gasteiger partial charge >= 0.3 is 0 Å². The first-order valence-corrected chi connectivity index (χ1v) is 7.66. The van der Waals surface area contributed by atoms with Crippen LogP contribution in [0.1, 0.15) is 12.5 Å². The number of rotatable bonds is 4. The summed E-state index contributed by atoms with van der Waals surface area (Å²) in [6, 6.07) is 25.3. The van der Waals surface area contributed by atoms with Crippen LogP contribution in [0.5, 0.6) is 5.75 Å². The maximum atomic E-state index is 5.78. The molecule has 0 saturated carbocycles. The Balaban J connectivity index is 2.31. The Morgan fingerprint density at radius 3 is 1.86 bits per heavy atom. The SMILES string of the molecule is CCc1ccc(-c2ccccc2)c(-c2ccccc2)c1OC. The van der Waals surface area contributed by atoms with Crippen molar-refractivity contribution in [3.63, 3.8) is 0 Å². The Kier molecular flexibility index (Phi) is 4.24. The number of ether oxygens (including phenoxy) is 1. The van der Waals surface area contributed by atoms with E-state index in [-0.39, 0.29) is 0 Å². The average Bonchev–Trinajstić information content (AvgIpc) is 2.61. The lowest BCUT2D eigenvalue weighted by molar-refractivity contribution is 0.412. The molecule has 1 nitrogen and oxygen atoms in total. The second-order valence-electron chi connectivity index (χ2n) is 5.27. The molecule has 0 radical (unpaired) electrons. The van der Waals surface area contributed by atoms with Crippen molar-refractivity contribution in [2.75, 3.05) is 7.11 Å². The van der Waals surface area contributed by atoms with Crippen LogP contribution in [0.15, 0.2) is 72.8 Å². The molecular weight excluding hydrogens is 268 g/mol. The van der Waals surface area contributed by atoms with Crippen molar-refractivity contribution in [3.05, 3.63) is 78.4 Å². The predicted octanol–water partition coefficient (Wildman–Crippen LogP) is 5.59. The van der Waals surface area contributed by atoms with Crippen molar-refractivity contribution in [1.29, 1.82) is 0 Å². The van der Waals surface area contributed by atoms with Crippen LogP contribution in [0.3, 0.4) is 0 Å². The third kappa shape index (κ3) is 2.62. The highest BCUT2D eigenvalue weighted by atomic mass is 16.5. The zero-order chi connectivity index (χ0) is 15.4. The second-order valence-corrected chi connectivity index (χ2v) is 5.27. The lowest BCUT2D eigenvalue weighted by Crippen LogP contribution is -1.96. The molecule has 0 aromatic heterocycles. The highest BCUT2D eigenvalue weighted by molar-refractivity contribution is 5.88. The largest absolute Gasteiger partial charge is 0.496 e. The molecule has 0 saturated heterocycles. The molecule has 22 heavy (non-hydrogen) atoms. The van der Waals surface area contributed by atoms with Gasteiger partial charge in [-0.1, -0.05) is 79.7 Å². The minimum absolute atomic E-state index is 0.956. The minimum Gasteiger partial charge on any atom is -0.496 e. The third-order valence-corrected chi connectivity index (χ3v) is 3.97. The third-order valence-electron chi connectivity index (χ3n) is 3.97. The quantitative estimate of drug-likeness (QED) is 0.608. The van der Waals surface area contributed by atoms with Crippen molar-refractivity contribution in [2.45, 2.75) is 13.3 Å². The first kappa shape index (κ1) is 14.4. The maximum Gasteiger partial charge on any atom is 0.130 e. The van der Waals surface area contributed by atoms with E-state index in [1.165, 1.54) is 27.8 Å². The normalized spacial score (nSPS) is 10.5. The molecule has 0 N–H and O–H groups in total. The van der Waals surface area contributed by atoms with E-state index in [0.717, 1.165) is 12.2 Å².